The summed E-state index contributed by atoms with van der Waals surface area (Å²) in [5.41, 5.74) is 2.06. The molecular formula is C18H12F2N4O2S. The molecule has 0 amide bonds. The molecule has 9 heteroatoms. The van der Waals surface area contributed by atoms with Crippen LogP contribution in [0.3, 0.4) is 0 Å². The Balaban J connectivity index is 1.42. The van der Waals surface area contributed by atoms with Crippen LogP contribution in [-0.2, 0) is 0 Å². The Labute approximate surface area is 156 Å². The highest BCUT2D eigenvalue weighted by Crippen LogP contribution is 2.29. The lowest BCUT2D eigenvalue weighted by Gasteiger charge is -2.08. The van der Waals surface area contributed by atoms with Crippen LogP contribution in [0.1, 0.15) is 12.0 Å². The lowest BCUT2D eigenvalue weighted by Crippen LogP contribution is -1.92. The second-order valence-electron chi connectivity index (χ2n) is 5.45. The van der Waals surface area contributed by atoms with Crippen LogP contribution in [0.4, 0.5) is 14.5 Å². The highest BCUT2D eigenvalue weighted by Gasteiger charge is 2.09. The third-order valence-corrected chi connectivity index (χ3v) is 4.50. The summed E-state index contributed by atoms with van der Waals surface area (Å²) in [5, 5.41) is 7.69. The molecular weight excluding hydrogens is 374 g/mol. The summed E-state index contributed by atoms with van der Waals surface area (Å²) in [4.78, 5) is 4.82. The van der Waals surface area contributed by atoms with Crippen molar-refractivity contribution in [1.29, 1.82) is 0 Å². The largest absolute Gasteiger partial charge is 0.439 e. The van der Waals surface area contributed by atoms with E-state index >= 15 is 0 Å². The molecule has 136 valence electrons. The van der Waals surface area contributed by atoms with Gasteiger partial charge in [0, 0.05) is 23.5 Å². The molecule has 2 aromatic carbocycles. The standard InChI is InChI=1S/C18H12F2N4O2S/c19-18(20)11-8-9-21-16(10-11)25-13-6-4-12(5-7-13)24-27-15-3-1-2-14-17(15)23-26-22-14/h1-10,18,24H. The van der Waals surface area contributed by atoms with Gasteiger partial charge in [0.15, 0.2) is 5.52 Å². The zero-order valence-electron chi connectivity index (χ0n) is 13.7. The molecule has 0 aliphatic rings. The number of fused-ring (bicyclic) bond motifs is 1. The zero-order valence-corrected chi connectivity index (χ0v) is 14.5. The third-order valence-electron chi connectivity index (χ3n) is 3.62. The van der Waals surface area contributed by atoms with Crippen LogP contribution in [0.2, 0.25) is 0 Å². The third kappa shape index (κ3) is 3.98. The van der Waals surface area contributed by atoms with E-state index in [-0.39, 0.29) is 11.4 Å². The number of aromatic nitrogens is 3. The van der Waals surface area contributed by atoms with Gasteiger partial charge in [-0.1, -0.05) is 6.07 Å². The van der Waals surface area contributed by atoms with Crippen molar-refractivity contribution in [3.63, 3.8) is 0 Å². The van der Waals surface area contributed by atoms with Gasteiger partial charge in [-0.25, -0.2) is 18.4 Å². The number of pyridine rings is 1. The molecule has 4 aromatic rings. The van der Waals surface area contributed by atoms with E-state index in [2.05, 4.69) is 20.0 Å². The van der Waals surface area contributed by atoms with E-state index in [1.165, 1.54) is 30.3 Å². The van der Waals surface area contributed by atoms with Crippen LogP contribution >= 0.6 is 11.9 Å². The van der Waals surface area contributed by atoms with E-state index in [4.69, 9.17) is 9.37 Å². The molecule has 0 saturated carbocycles. The van der Waals surface area contributed by atoms with E-state index < -0.39 is 6.43 Å². The van der Waals surface area contributed by atoms with Gasteiger partial charge in [-0.15, -0.1) is 0 Å². The molecule has 2 heterocycles. The molecule has 0 aliphatic heterocycles. The van der Waals surface area contributed by atoms with E-state index in [0.717, 1.165) is 10.6 Å². The number of rotatable bonds is 6. The fourth-order valence-electron chi connectivity index (χ4n) is 2.31. The smallest absolute Gasteiger partial charge is 0.264 e. The molecule has 0 saturated heterocycles. The fourth-order valence-corrected chi connectivity index (χ4v) is 3.05. The summed E-state index contributed by atoms with van der Waals surface area (Å²) in [5.74, 6) is 0.611. The summed E-state index contributed by atoms with van der Waals surface area (Å²) in [7, 11) is 0. The summed E-state index contributed by atoms with van der Waals surface area (Å²) in [6.45, 7) is 0. The van der Waals surface area contributed by atoms with E-state index in [0.29, 0.717) is 16.8 Å². The van der Waals surface area contributed by atoms with E-state index in [1.54, 1.807) is 24.3 Å². The molecule has 2 aromatic heterocycles. The second-order valence-corrected chi connectivity index (χ2v) is 6.29. The van der Waals surface area contributed by atoms with Gasteiger partial charge in [-0.2, -0.15) is 0 Å². The Morgan fingerprint density at radius 2 is 1.89 bits per heavy atom. The van der Waals surface area contributed by atoms with Gasteiger partial charge in [-0.3, -0.25) is 0 Å². The van der Waals surface area contributed by atoms with Gasteiger partial charge >= 0.3 is 0 Å². The maximum Gasteiger partial charge on any atom is 0.264 e. The first kappa shape index (κ1) is 17.2. The van der Waals surface area contributed by atoms with Gasteiger partial charge in [0.25, 0.3) is 6.43 Å². The summed E-state index contributed by atoms with van der Waals surface area (Å²) >= 11 is 1.37. The number of nitrogens with zero attached hydrogens (tertiary/aromatic N) is 3. The Morgan fingerprint density at radius 1 is 1.04 bits per heavy atom. The first-order chi connectivity index (χ1) is 13.2. The second kappa shape index (κ2) is 7.58. The Kier molecular flexibility index (Phi) is 4.84. The molecule has 0 atom stereocenters. The quantitative estimate of drug-likeness (QED) is 0.441. The van der Waals surface area contributed by atoms with Crippen molar-refractivity contribution in [2.24, 2.45) is 0 Å². The van der Waals surface area contributed by atoms with Crippen molar-refractivity contribution in [2.45, 2.75) is 11.3 Å². The molecule has 0 unspecified atom stereocenters. The van der Waals surface area contributed by atoms with Crippen molar-refractivity contribution in [3.8, 4) is 11.6 Å². The number of benzene rings is 2. The Morgan fingerprint density at radius 3 is 2.70 bits per heavy atom. The predicted molar refractivity (Wildman–Crippen MR) is 97.0 cm³/mol. The molecule has 0 radical (unpaired) electrons. The lowest BCUT2D eigenvalue weighted by molar-refractivity contribution is 0.151. The normalized spacial score (nSPS) is 11.1. The number of ether oxygens (including phenoxy) is 1. The molecule has 6 nitrogen and oxygen atoms in total. The van der Waals surface area contributed by atoms with Gasteiger partial charge in [0.05, 0.1) is 4.90 Å². The van der Waals surface area contributed by atoms with Crippen molar-refractivity contribution in [3.05, 3.63) is 66.4 Å². The van der Waals surface area contributed by atoms with Crippen molar-refractivity contribution < 1.29 is 18.1 Å². The highest BCUT2D eigenvalue weighted by atomic mass is 32.2. The van der Waals surface area contributed by atoms with Crippen LogP contribution in [0.5, 0.6) is 11.6 Å². The average molecular weight is 386 g/mol. The number of halogens is 2. The number of hydrogen-bond donors (Lipinski definition) is 1. The molecule has 27 heavy (non-hydrogen) atoms. The van der Waals surface area contributed by atoms with Gasteiger partial charge in [0.2, 0.25) is 5.88 Å². The first-order valence-corrected chi connectivity index (χ1v) is 8.67. The highest BCUT2D eigenvalue weighted by molar-refractivity contribution is 8.00. The predicted octanol–water partition coefficient (Wildman–Crippen LogP) is 5.47. The van der Waals surface area contributed by atoms with Crippen molar-refractivity contribution >= 4 is 28.7 Å². The van der Waals surface area contributed by atoms with Crippen LogP contribution in [0, 0.1) is 0 Å². The average Bonchev–Trinajstić information content (AvgIpc) is 3.17. The zero-order chi connectivity index (χ0) is 18.6. The first-order valence-electron chi connectivity index (χ1n) is 7.85. The Hall–Kier alpha value is -3.20. The van der Waals surface area contributed by atoms with Crippen molar-refractivity contribution in [2.75, 3.05) is 4.72 Å². The maximum atomic E-state index is 12.7. The maximum absolute atomic E-state index is 12.7. The van der Waals surface area contributed by atoms with Crippen LogP contribution in [-0.4, -0.2) is 15.3 Å². The summed E-state index contributed by atoms with van der Waals surface area (Å²) < 4.78 is 38.9. The lowest BCUT2D eigenvalue weighted by atomic mass is 10.3. The van der Waals surface area contributed by atoms with E-state index in [9.17, 15) is 8.78 Å². The summed E-state index contributed by atoms with van der Waals surface area (Å²) in [6, 6.07) is 15.1. The minimum Gasteiger partial charge on any atom is -0.439 e. The van der Waals surface area contributed by atoms with Gasteiger partial charge in [-0.05, 0) is 64.7 Å². The van der Waals surface area contributed by atoms with Crippen molar-refractivity contribution in [1.82, 2.24) is 15.3 Å². The number of hydrogen-bond acceptors (Lipinski definition) is 7. The van der Waals surface area contributed by atoms with E-state index in [1.807, 2.05) is 18.2 Å². The number of nitrogens with one attached hydrogen (secondary N) is 1. The Bertz CT molecular complexity index is 1060. The minimum atomic E-state index is -2.57. The molecule has 0 spiro atoms. The van der Waals surface area contributed by atoms with Crippen LogP contribution in [0.25, 0.3) is 11.0 Å². The molecule has 0 bridgehead atoms. The SMILES string of the molecule is FC(F)c1ccnc(Oc2ccc(NSc3cccc4nonc34)cc2)c1. The van der Waals surface area contributed by atoms with Gasteiger partial charge in [0.1, 0.15) is 11.3 Å². The number of anilines is 1. The molecule has 0 aliphatic carbocycles. The molecule has 4 rings (SSSR count). The molecule has 0 fully saturated rings. The number of alkyl halides is 2. The van der Waals surface area contributed by atoms with Crippen LogP contribution in [0.15, 0.2) is 70.3 Å². The summed E-state index contributed by atoms with van der Waals surface area (Å²) in [6.07, 6.45) is -1.27. The van der Waals surface area contributed by atoms with Crippen LogP contribution < -0.4 is 9.46 Å². The van der Waals surface area contributed by atoms with Gasteiger partial charge < -0.3 is 9.46 Å². The fraction of sp³-hybridized carbons (Fsp3) is 0.0556. The monoisotopic (exact) mass is 386 g/mol. The topological polar surface area (TPSA) is 73.1 Å². The molecule has 1 N–H and O–H groups in total. The minimum absolute atomic E-state index is 0.119.